The van der Waals surface area contributed by atoms with Crippen LogP contribution in [0.3, 0.4) is 0 Å². The molecule has 0 fully saturated rings. The maximum atomic E-state index is 11.5. The first-order valence-electron chi connectivity index (χ1n) is 10.5. The molecule has 0 spiro atoms. The number of carbonyl (C=O) groups is 1. The first kappa shape index (κ1) is 23.7. The van der Waals surface area contributed by atoms with Gasteiger partial charge in [-0.05, 0) is 55.7 Å². The minimum Gasteiger partial charge on any atom is -0.507 e. The van der Waals surface area contributed by atoms with Crippen LogP contribution < -0.4 is 9.47 Å². The summed E-state index contributed by atoms with van der Waals surface area (Å²) in [5, 5.41) is 10.6. The van der Waals surface area contributed by atoms with E-state index in [1.54, 1.807) is 38.2 Å². The summed E-state index contributed by atoms with van der Waals surface area (Å²) < 4.78 is 11.6. The Morgan fingerprint density at radius 2 is 1.81 bits per heavy atom. The van der Waals surface area contributed by atoms with Crippen LogP contribution in [0, 0.1) is 12.8 Å². The number of ketones is 1. The Kier molecular flexibility index (Phi) is 8.17. The van der Waals surface area contributed by atoms with Crippen LogP contribution in [0.5, 0.6) is 17.2 Å². The Hall–Kier alpha value is -2.99. The molecule has 5 nitrogen and oxygen atoms in total. The summed E-state index contributed by atoms with van der Waals surface area (Å²) >= 11 is 1.73. The van der Waals surface area contributed by atoms with Crippen molar-refractivity contribution >= 4 is 17.5 Å². The van der Waals surface area contributed by atoms with Crippen LogP contribution in [0.25, 0.3) is 0 Å². The van der Waals surface area contributed by atoms with Gasteiger partial charge in [-0.1, -0.05) is 25.1 Å². The van der Waals surface area contributed by atoms with Gasteiger partial charge in [0, 0.05) is 40.1 Å². The molecule has 1 atom stereocenters. The van der Waals surface area contributed by atoms with Crippen molar-refractivity contribution in [1.29, 1.82) is 0 Å². The maximum absolute atomic E-state index is 11.5. The number of carbonyl (C=O) groups excluding carboxylic acids is 1. The second-order valence-electron chi connectivity index (χ2n) is 7.82. The number of phenolic OH excluding ortho intramolecular Hbond substituents is 1. The lowest BCUT2D eigenvalue weighted by atomic mass is 9.95. The third-order valence-corrected chi connectivity index (χ3v) is 6.54. The van der Waals surface area contributed by atoms with E-state index >= 15 is 0 Å². The number of aromatic nitrogens is 1. The molecule has 1 N–H and O–H groups in total. The summed E-state index contributed by atoms with van der Waals surface area (Å²) in [6.45, 7) is 5.63. The first-order valence-corrected chi connectivity index (χ1v) is 11.5. The van der Waals surface area contributed by atoms with Gasteiger partial charge in [-0.3, -0.25) is 9.78 Å². The summed E-state index contributed by atoms with van der Waals surface area (Å²) in [4.78, 5) is 16.7. The zero-order chi connectivity index (χ0) is 23.1. The van der Waals surface area contributed by atoms with E-state index in [-0.39, 0.29) is 17.5 Å². The average Bonchev–Trinajstić information content (AvgIpc) is 2.81. The molecule has 2 aromatic carbocycles. The van der Waals surface area contributed by atoms with E-state index in [4.69, 9.17) is 9.47 Å². The molecule has 1 heterocycles. The van der Waals surface area contributed by atoms with Crippen molar-refractivity contribution in [3.63, 3.8) is 0 Å². The molecule has 6 heteroatoms. The van der Waals surface area contributed by atoms with Crippen molar-refractivity contribution in [2.75, 3.05) is 7.11 Å². The zero-order valence-electron chi connectivity index (χ0n) is 18.9. The number of ether oxygens (including phenoxy) is 2. The number of thioether (sulfide) groups is 1. The fourth-order valence-electron chi connectivity index (χ4n) is 3.29. The summed E-state index contributed by atoms with van der Waals surface area (Å²) in [7, 11) is 1.67. The van der Waals surface area contributed by atoms with Gasteiger partial charge in [-0.25, -0.2) is 0 Å². The molecule has 1 aromatic heterocycles. The van der Waals surface area contributed by atoms with Crippen molar-refractivity contribution < 1.29 is 19.4 Å². The molecule has 3 aromatic rings. The van der Waals surface area contributed by atoms with Gasteiger partial charge in [0.1, 0.15) is 29.6 Å². The Morgan fingerprint density at radius 3 is 2.50 bits per heavy atom. The van der Waals surface area contributed by atoms with Crippen LogP contribution in [0.2, 0.25) is 0 Å². The van der Waals surface area contributed by atoms with E-state index in [1.807, 2.05) is 50.2 Å². The predicted molar refractivity (Wildman–Crippen MR) is 128 cm³/mol. The van der Waals surface area contributed by atoms with Crippen molar-refractivity contribution in [1.82, 2.24) is 4.98 Å². The number of methoxy groups -OCH3 is 1. The molecule has 0 aliphatic rings. The van der Waals surface area contributed by atoms with Gasteiger partial charge in [0.05, 0.1) is 7.11 Å². The zero-order valence-corrected chi connectivity index (χ0v) is 19.7. The quantitative estimate of drug-likeness (QED) is 0.396. The number of aromatic hydroxyl groups is 1. The van der Waals surface area contributed by atoms with Crippen LogP contribution in [0.1, 0.15) is 36.1 Å². The Bertz CT molecular complexity index is 1070. The minimum absolute atomic E-state index is 0.110. The van der Waals surface area contributed by atoms with Crippen molar-refractivity contribution in [3.8, 4) is 17.2 Å². The van der Waals surface area contributed by atoms with E-state index in [9.17, 15) is 9.90 Å². The van der Waals surface area contributed by atoms with Crippen LogP contribution >= 0.6 is 11.8 Å². The molecule has 0 saturated heterocycles. The fraction of sp³-hybridized carbons (Fsp3) is 0.308. The number of phenols is 1. The minimum atomic E-state index is -0.130. The molecule has 168 valence electrons. The highest BCUT2D eigenvalue weighted by atomic mass is 32.2. The predicted octanol–water partition coefficient (Wildman–Crippen LogP) is 5.74. The topological polar surface area (TPSA) is 68.7 Å². The van der Waals surface area contributed by atoms with Crippen LogP contribution in [0.4, 0.5) is 0 Å². The Morgan fingerprint density at radius 1 is 1.09 bits per heavy atom. The van der Waals surface area contributed by atoms with Gasteiger partial charge in [-0.2, -0.15) is 0 Å². The molecule has 0 amide bonds. The third kappa shape index (κ3) is 6.04. The Balaban J connectivity index is 1.66. The van der Waals surface area contributed by atoms with Gasteiger partial charge in [0.2, 0.25) is 0 Å². The van der Waals surface area contributed by atoms with Gasteiger partial charge < -0.3 is 14.6 Å². The summed E-state index contributed by atoms with van der Waals surface area (Å²) in [5.41, 5.74) is 3.52. The SMILES string of the molecule is COc1cc(COc2ccc(CC(C)C(C)=O)c(O)c2C)ccc1CSc1ccncc1. The van der Waals surface area contributed by atoms with Gasteiger partial charge in [-0.15, -0.1) is 11.8 Å². The molecule has 0 radical (unpaired) electrons. The maximum Gasteiger partial charge on any atom is 0.132 e. The van der Waals surface area contributed by atoms with Crippen molar-refractivity contribution in [2.24, 2.45) is 5.92 Å². The lowest BCUT2D eigenvalue weighted by Gasteiger charge is -2.16. The summed E-state index contributed by atoms with van der Waals surface area (Å²) in [6, 6.07) is 13.7. The second kappa shape index (κ2) is 11.0. The molecule has 0 aliphatic heterocycles. The van der Waals surface area contributed by atoms with E-state index in [1.165, 1.54) is 0 Å². The van der Waals surface area contributed by atoms with Gasteiger partial charge in [0.25, 0.3) is 0 Å². The number of hydrogen-bond acceptors (Lipinski definition) is 6. The lowest BCUT2D eigenvalue weighted by molar-refractivity contribution is -0.120. The highest BCUT2D eigenvalue weighted by molar-refractivity contribution is 7.98. The van der Waals surface area contributed by atoms with E-state index < -0.39 is 0 Å². The number of nitrogens with zero attached hydrogens (tertiary/aromatic N) is 1. The van der Waals surface area contributed by atoms with Crippen molar-refractivity contribution in [2.45, 2.75) is 44.4 Å². The van der Waals surface area contributed by atoms with Crippen LogP contribution in [0.15, 0.2) is 59.8 Å². The Labute approximate surface area is 193 Å². The number of hydrogen-bond donors (Lipinski definition) is 1. The summed E-state index contributed by atoms with van der Waals surface area (Å²) in [5.74, 6) is 2.41. The number of pyridine rings is 1. The average molecular weight is 452 g/mol. The second-order valence-corrected chi connectivity index (χ2v) is 8.87. The highest BCUT2D eigenvalue weighted by Gasteiger charge is 2.15. The van der Waals surface area contributed by atoms with E-state index in [0.717, 1.165) is 33.1 Å². The number of benzene rings is 2. The molecule has 3 rings (SSSR count). The smallest absolute Gasteiger partial charge is 0.132 e. The number of rotatable bonds is 10. The molecular formula is C26H29NO4S. The lowest BCUT2D eigenvalue weighted by Crippen LogP contribution is -2.10. The third-order valence-electron chi connectivity index (χ3n) is 5.47. The van der Waals surface area contributed by atoms with Crippen LogP contribution in [-0.4, -0.2) is 23.0 Å². The monoisotopic (exact) mass is 451 g/mol. The molecule has 0 aliphatic carbocycles. The van der Waals surface area contributed by atoms with Crippen LogP contribution in [-0.2, 0) is 23.6 Å². The highest BCUT2D eigenvalue weighted by Crippen LogP contribution is 2.33. The first-order chi connectivity index (χ1) is 15.4. The van der Waals surface area contributed by atoms with E-state index in [2.05, 4.69) is 11.1 Å². The van der Waals surface area contributed by atoms with Crippen molar-refractivity contribution in [3.05, 3.63) is 77.1 Å². The molecule has 1 unspecified atom stereocenters. The van der Waals surface area contributed by atoms with Gasteiger partial charge in [0.15, 0.2) is 0 Å². The molecular weight excluding hydrogens is 422 g/mol. The fourth-order valence-corrected chi connectivity index (χ4v) is 4.16. The largest absolute Gasteiger partial charge is 0.507 e. The van der Waals surface area contributed by atoms with Gasteiger partial charge >= 0.3 is 0 Å². The molecule has 32 heavy (non-hydrogen) atoms. The molecule has 0 saturated carbocycles. The standard InChI is InChI=1S/C26H29NO4S/c1-17(19(3)28)13-21-7-8-24(18(2)26(21)29)31-15-20-5-6-22(25(14-20)30-4)16-32-23-9-11-27-12-10-23/h5-12,14,17,29H,13,15-16H2,1-4H3. The summed E-state index contributed by atoms with van der Waals surface area (Å²) in [6.07, 6.45) is 4.09. The number of Topliss-reactive ketones (excluding diaryl/α,β-unsaturated/α-hetero) is 1. The van der Waals surface area contributed by atoms with E-state index in [0.29, 0.717) is 24.3 Å². The normalized spacial score (nSPS) is 11.8. The molecule has 0 bridgehead atoms.